The van der Waals surface area contributed by atoms with Crippen molar-refractivity contribution in [3.05, 3.63) is 84.9 Å². The Bertz CT molecular complexity index is 1560. The van der Waals surface area contributed by atoms with Crippen molar-refractivity contribution >= 4 is 21.6 Å². The molecule has 4 rings (SSSR count). The summed E-state index contributed by atoms with van der Waals surface area (Å²) in [7, 11) is 1.46. The Kier molecular flexibility index (Phi) is 8.80. The van der Waals surface area contributed by atoms with E-state index in [1.165, 1.54) is 52.7 Å². The topological polar surface area (TPSA) is 121 Å². The predicted molar refractivity (Wildman–Crippen MR) is 149 cm³/mol. The molecule has 0 spiro atoms. The Hall–Kier alpha value is -4.71. The Morgan fingerprint density at radius 1 is 0.875 bits per heavy atom. The van der Waals surface area contributed by atoms with Gasteiger partial charge in [0.25, 0.3) is 10.0 Å². The molecule has 0 atom stereocenters. The van der Waals surface area contributed by atoms with E-state index in [0.717, 1.165) is 15.6 Å². The quantitative estimate of drug-likeness (QED) is 0.277. The van der Waals surface area contributed by atoms with Gasteiger partial charge in [-0.05, 0) is 42.0 Å². The van der Waals surface area contributed by atoms with Gasteiger partial charge in [-0.25, -0.2) is 13.4 Å². The third-order valence-corrected chi connectivity index (χ3v) is 7.87. The molecule has 11 nitrogen and oxygen atoms in total. The molecule has 0 fully saturated rings. The molecule has 12 heteroatoms. The summed E-state index contributed by atoms with van der Waals surface area (Å²) in [5, 5.41) is 2.80. The number of sulfonamides is 1. The van der Waals surface area contributed by atoms with E-state index >= 15 is 0 Å². The van der Waals surface area contributed by atoms with Crippen LogP contribution in [0.15, 0.2) is 84.3 Å². The summed E-state index contributed by atoms with van der Waals surface area (Å²) >= 11 is 0. The summed E-state index contributed by atoms with van der Waals surface area (Å²) in [5.41, 5.74) is 1.90. The van der Waals surface area contributed by atoms with Crippen LogP contribution in [0.2, 0.25) is 0 Å². The smallest absolute Gasteiger partial charge is 0.265 e. The van der Waals surface area contributed by atoms with Crippen LogP contribution in [0.4, 0.5) is 5.69 Å². The lowest BCUT2D eigenvalue weighted by atomic mass is 10.2. The summed E-state index contributed by atoms with van der Waals surface area (Å²) in [6.45, 7) is -0.324. The first-order valence-corrected chi connectivity index (χ1v) is 13.6. The molecule has 1 heterocycles. The SMILES string of the molecule is COc1ccc(OC)c(N(CC(=O)NCc2ccc(-n3ccnc3)cc2)S(=O)(=O)c2ccc(OC)c(OC)c2)c1. The first-order valence-electron chi connectivity index (χ1n) is 12.1. The Balaban J connectivity index is 1.63. The monoisotopic (exact) mass is 566 g/mol. The minimum atomic E-state index is -4.29. The van der Waals surface area contributed by atoms with E-state index in [1.807, 2.05) is 35.0 Å². The van der Waals surface area contributed by atoms with E-state index in [9.17, 15) is 13.2 Å². The summed E-state index contributed by atoms with van der Waals surface area (Å²) < 4.78 is 52.1. The Labute approximate surface area is 232 Å². The van der Waals surface area contributed by atoms with Gasteiger partial charge in [0, 0.05) is 36.8 Å². The second-order valence-electron chi connectivity index (χ2n) is 8.48. The normalized spacial score (nSPS) is 11.0. The van der Waals surface area contributed by atoms with Crippen LogP contribution in [-0.4, -0.2) is 58.9 Å². The van der Waals surface area contributed by atoms with Crippen molar-refractivity contribution in [2.24, 2.45) is 0 Å². The van der Waals surface area contributed by atoms with Crippen molar-refractivity contribution in [3.63, 3.8) is 0 Å². The standard InChI is InChI=1S/C28H30N4O7S/c1-36-22-9-11-25(37-2)24(15-22)32(40(34,35)23-10-12-26(38-3)27(16-23)39-4)18-28(33)30-17-20-5-7-21(8-6-20)31-14-13-29-19-31/h5-16,19H,17-18H2,1-4H3,(H,30,33). The second-order valence-corrected chi connectivity index (χ2v) is 10.3. The number of nitrogens with zero attached hydrogens (tertiary/aromatic N) is 3. The third-order valence-electron chi connectivity index (χ3n) is 6.11. The van der Waals surface area contributed by atoms with Gasteiger partial charge in [-0.1, -0.05) is 12.1 Å². The molecule has 210 valence electrons. The first kappa shape index (κ1) is 28.3. The largest absolute Gasteiger partial charge is 0.497 e. The number of imidazole rings is 1. The molecule has 0 saturated heterocycles. The van der Waals surface area contributed by atoms with Gasteiger partial charge in [0.05, 0.1) is 45.3 Å². The lowest BCUT2D eigenvalue weighted by Crippen LogP contribution is -2.41. The minimum absolute atomic E-state index is 0.0992. The van der Waals surface area contributed by atoms with Crippen LogP contribution in [0.25, 0.3) is 5.69 Å². The maximum absolute atomic E-state index is 14.0. The Morgan fingerprint density at radius 3 is 2.20 bits per heavy atom. The number of anilines is 1. The lowest BCUT2D eigenvalue weighted by molar-refractivity contribution is -0.119. The third kappa shape index (κ3) is 6.12. The molecule has 1 N–H and O–H groups in total. The van der Waals surface area contributed by atoms with E-state index in [2.05, 4.69) is 10.3 Å². The summed E-state index contributed by atoms with van der Waals surface area (Å²) in [6, 6.07) is 16.5. The molecule has 0 saturated carbocycles. The van der Waals surface area contributed by atoms with E-state index < -0.39 is 22.5 Å². The maximum Gasteiger partial charge on any atom is 0.265 e. The number of amides is 1. The van der Waals surface area contributed by atoms with Gasteiger partial charge < -0.3 is 28.8 Å². The number of aromatic nitrogens is 2. The molecule has 4 aromatic rings. The Morgan fingerprint density at radius 2 is 1.57 bits per heavy atom. The van der Waals surface area contributed by atoms with Gasteiger partial charge in [0.2, 0.25) is 5.91 Å². The number of rotatable bonds is 12. The van der Waals surface area contributed by atoms with Crippen LogP contribution in [0, 0.1) is 0 Å². The number of hydrogen-bond donors (Lipinski definition) is 1. The molecule has 0 aliphatic rings. The van der Waals surface area contributed by atoms with Gasteiger partial charge in [-0.15, -0.1) is 0 Å². The van der Waals surface area contributed by atoms with E-state index in [-0.39, 0.29) is 28.6 Å². The molecule has 0 radical (unpaired) electrons. The molecule has 0 aliphatic heterocycles. The minimum Gasteiger partial charge on any atom is -0.497 e. The molecule has 40 heavy (non-hydrogen) atoms. The highest BCUT2D eigenvalue weighted by molar-refractivity contribution is 7.92. The van der Waals surface area contributed by atoms with Gasteiger partial charge >= 0.3 is 0 Å². The highest BCUT2D eigenvalue weighted by Gasteiger charge is 2.31. The number of carbonyl (C=O) groups excluding carboxylic acids is 1. The van der Waals surface area contributed by atoms with Crippen LogP contribution in [0.5, 0.6) is 23.0 Å². The van der Waals surface area contributed by atoms with Gasteiger partial charge in [0.1, 0.15) is 18.0 Å². The van der Waals surface area contributed by atoms with Crippen molar-refractivity contribution in [2.75, 3.05) is 39.3 Å². The molecule has 0 unspecified atom stereocenters. The summed E-state index contributed by atoms with van der Waals surface area (Å²) in [4.78, 5) is 17.1. The molecule has 0 aliphatic carbocycles. The zero-order chi connectivity index (χ0) is 28.7. The average Bonchev–Trinajstić information content (AvgIpc) is 3.53. The molecule has 1 aromatic heterocycles. The van der Waals surface area contributed by atoms with Crippen molar-refractivity contribution in [1.82, 2.24) is 14.9 Å². The van der Waals surface area contributed by atoms with E-state index in [4.69, 9.17) is 18.9 Å². The van der Waals surface area contributed by atoms with Crippen molar-refractivity contribution in [2.45, 2.75) is 11.4 Å². The number of ether oxygens (including phenoxy) is 4. The molecule has 3 aromatic carbocycles. The van der Waals surface area contributed by atoms with Crippen LogP contribution in [-0.2, 0) is 21.4 Å². The lowest BCUT2D eigenvalue weighted by Gasteiger charge is -2.26. The van der Waals surface area contributed by atoms with Crippen LogP contribution >= 0.6 is 0 Å². The maximum atomic E-state index is 14.0. The van der Waals surface area contributed by atoms with Crippen molar-refractivity contribution in [3.8, 4) is 28.7 Å². The average molecular weight is 567 g/mol. The van der Waals surface area contributed by atoms with Gasteiger partial charge in [-0.2, -0.15) is 0 Å². The zero-order valence-electron chi connectivity index (χ0n) is 22.5. The number of benzene rings is 3. The fourth-order valence-electron chi connectivity index (χ4n) is 3.98. The number of carbonyl (C=O) groups is 1. The second kappa shape index (κ2) is 12.4. The van der Waals surface area contributed by atoms with E-state index in [0.29, 0.717) is 11.5 Å². The zero-order valence-corrected chi connectivity index (χ0v) is 23.3. The van der Waals surface area contributed by atoms with Gasteiger partial charge in [-0.3, -0.25) is 9.10 Å². The number of methoxy groups -OCH3 is 4. The van der Waals surface area contributed by atoms with Crippen LogP contribution in [0.1, 0.15) is 5.56 Å². The van der Waals surface area contributed by atoms with Crippen molar-refractivity contribution in [1.29, 1.82) is 0 Å². The van der Waals surface area contributed by atoms with E-state index in [1.54, 1.807) is 24.7 Å². The summed E-state index contributed by atoms with van der Waals surface area (Å²) in [6.07, 6.45) is 5.21. The van der Waals surface area contributed by atoms with Crippen molar-refractivity contribution < 1.29 is 32.2 Å². The molecular formula is C28H30N4O7S. The number of hydrogen-bond acceptors (Lipinski definition) is 8. The highest BCUT2D eigenvalue weighted by atomic mass is 32.2. The molecular weight excluding hydrogens is 536 g/mol. The predicted octanol–water partition coefficient (Wildman–Crippen LogP) is 3.42. The van der Waals surface area contributed by atoms with Gasteiger partial charge in [0.15, 0.2) is 11.5 Å². The molecule has 0 bridgehead atoms. The first-order chi connectivity index (χ1) is 19.3. The number of nitrogens with one attached hydrogen (secondary N) is 1. The van der Waals surface area contributed by atoms with Crippen LogP contribution in [0.3, 0.4) is 0 Å². The van der Waals surface area contributed by atoms with Crippen LogP contribution < -0.4 is 28.6 Å². The fraction of sp³-hybridized carbons (Fsp3) is 0.214. The fourth-order valence-corrected chi connectivity index (χ4v) is 5.42. The molecule has 1 amide bonds. The summed E-state index contributed by atoms with van der Waals surface area (Å²) in [5.74, 6) is 0.704. The highest BCUT2D eigenvalue weighted by Crippen LogP contribution is 2.37.